The summed E-state index contributed by atoms with van der Waals surface area (Å²) in [5.41, 5.74) is -0.823. The Morgan fingerprint density at radius 2 is 1.79 bits per heavy atom. The molecule has 0 unspecified atom stereocenters. The van der Waals surface area contributed by atoms with Crippen molar-refractivity contribution < 1.29 is 33.4 Å². The molecule has 0 saturated heterocycles. The first kappa shape index (κ1) is 17.9. The van der Waals surface area contributed by atoms with E-state index in [9.17, 15) is 14.0 Å². The number of methoxy groups -OCH3 is 1. The van der Waals surface area contributed by atoms with E-state index in [0.717, 1.165) is 19.2 Å². The quantitative estimate of drug-likeness (QED) is 0.484. The number of esters is 1. The number of hydrogen-bond donors (Lipinski definition) is 2. The van der Waals surface area contributed by atoms with Gasteiger partial charge in [0.05, 0.1) is 18.2 Å². The van der Waals surface area contributed by atoms with Crippen LogP contribution in [0.3, 0.4) is 0 Å². The summed E-state index contributed by atoms with van der Waals surface area (Å²) in [5.74, 6) is -3.17. The van der Waals surface area contributed by atoms with E-state index in [1.54, 1.807) is 0 Å². The second-order valence-corrected chi connectivity index (χ2v) is 5.04. The number of benzene rings is 2. The molecule has 124 valence electrons. The first-order valence-electron chi connectivity index (χ1n) is 6.58. The maximum absolute atomic E-state index is 14.4. The fourth-order valence-corrected chi connectivity index (χ4v) is 2.14. The van der Waals surface area contributed by atoms with Gasteiger partial charge in [-0.2, -0.15) is 0 Å². The minimum Gasteiger partial charge on any atom is -0.512 e. The SMILES string of the molecule is COC(=O)c1cc(OB(O)O)cc(F)c1C(=O)c1ccc(Cl)cc1. The Bertz CT molecular complexity index is 778. The summed E-state index contributed by atoms with van der Waals surface area (Å²) in [5, 5.41) is 18.0. The summed E-state index contributed by atoms with van der Waals surface area (Å²) in [6.07, 6.45) is 0. The largest absolute Gasteiger partial charge is 0.707 e. The molecule has 0 aliphatic carbocycles. The molecule has 6 nitrogen and oxygen atoms in total. The van der Waals surface area contributed by atoms with Crippen LogP contribution < -0.4 is 4.65 Å². The van der Waals surface area contributed by atoms with Crippen LogP contribution in [0, 0.1) is 5.82 Å². The van der Waals surface area contributed by atoms with Gasteiger partial charge >= 0.3 is 13.3 Å². The number of halogens is 2. The molecular formula is C15H11BClFO6. The third-order valence-electron chi connectivity index (χ3n) is 3.04. The van der Waals surface area contributed by atoms with Gasteiger partial charge in [0.1, 0.15) is 11.6 Å². The van der Waals surface area contributed by atoms with Crippen LogP contribution in [-0.2, 0) is 4.74 Å². The van der Waals surface area contributed by atoms with E-state index in [-0.39, 0.29) is 11.3 Å². The van der Waals surface area contributed by atoms with Crippen molar-refractivity contribution in [2.45, 2.75) is 0 Å². The van der Waals surface area contributed by atoms with Gasteiger partial charge in [-0.15, -0.1) is 0 Å². The third-order valence-corrected chi connectivity index (χ3v) is 3.30. The molecule has 0 radical (unpaired) electrons. The van der Waals surface area contributed by atoms with E-state index >= 15 is 0 Å². The van der Waals surface area contributed by atoms with Gasteiger partial charge in [-0.05, 0) is 30.3 Å². The number of ketones is 1. The van der Waals surface area contributed by atoms with Crippen LogP contribution in [-0.4, -0.2) is 36.2 Å². The third kappa shape index (κ3) is 3.91. The Labute approximate surface area is 141 Å². The second-order valence-electron chi connectivity index (χ2n) is 4.60. The maximum Gasteiger partial charge on any atom is 0.707 e. The summed E-state index contributed by atoms with van der Waals surface area (Å²) in [7, 11) is -1.15. The Balaban J connectivity index is 2.56. The topological polar surface area (TPSA) is 93.1 Å². The molecule has 0 aliphatic heterocycles. The average Bonchev–Trinajstić information content (AvgIpc) is 2.53. The predicted octanol–water partition coefficient (Wildman–Crippen LogP) is 1.84. The Hall–Kier alpha value is -2.42. The number of carbonyl (C=O) groups excluding carboxylic acids is 2. The summed E-state index contributed by atoms with van der Waals surface area (Å²) in [6.45, 7) is 0. The van der Waals surface area contributed by atoms with Gasteiger partial charge in [0.2, 0.25) is 0 Å². The molecule has 9 heteroatoms. The zero-order valence-corrected chi connectivity index (χ0v) is 13.1. The molecule has 0 aromatic heterocycles. The van der Waals surface area contributed by atoms with Crippen molar-refractivity contribution >= 4 is 30.7 Å². The lowest BCUT2D eigenvalue weighted by Crippen LogP contribution is -2.22. The number of carbonyl (C=O) groups is 2. The van der Waals surface area contributed by atoms with Crippen LogP contribution in [0.5, 0.6) is 5.75 Å². The van der Waals surface area contributed by atoms with Crippen LogP contribution >= 0.6 is 11.6 Å². The summed E-state index contributed by atoms with van der Waals surface area (Å²) >= 11 is 5.74. The number of rotatable bonds is 5. The molecule has 0 saturated carbocycles. The number of ether oxygens (including phenoxy) is 1. The molecule has 0 heterocycles. The standard InChI is InChI=1S/C15H11BClFO6/c1-23-15(20)11-6-10(24-16(21)22)7-12(18)13(11)14(19)8-2-4-9(17)5-3-8/h2-7,21-22H,1H3. The minimum absolute atomic E-state index is 0.110. The lowest BCUT2D eigenvalue weighted by Gasteiger charge is -2.12. The van der Waals surface area contributed by atoms with Crippen molar-refractivity contribution in [1.29, 1.82) is 0 Å². The summed E-state index contributed by atoms with van der Waals surface area (Å²) in [6, 6.07) is 7.40. The van der Waals surface area contributed by atoms with Crippen molar-refractivity contribution in [2.24, 2.45) is 0 Å². The first-order chi connectivity index (χ1) is 11.3. The molecule has 0 spiro atoms. The molecule has 0 atom stereocenters. The highest BCUT2D eigenvalue weighted by Crippen LogP contribution is 2.26. The van der Waals surface area contributed by atoms with Crippen LogP contribution in [0.1, 0.15) is 26.3 Å². The van der Waals surface area contributed by atoms with Crippen molar-refractivity contribution in [3.63, 3.8) is 0 Å². The van der Waals surface area contributed by atoms with Crippen molar-refractivity contribution in [3.05, 3.63) is 63.9 Å². The van der Waals surface area contributed by atoms with Gasteiger partial charge in [0, 0.05) is 16.7 Å². The van der Waals surface area contributed by atoms with Crippen LogP contribution in [0.25, 0.3) is 0 Å². The Morgan fingerprint density at radius 3 is 2.33 bits per heavy atom. The van der Waals surface area contributed by atoms with Crippen molar-refractivity contribution in [2.75, 3.05) is 7.11 Å². The molecule has 24 heavy (non-hydrogen) atoms. The molecule has 0 fully saturated rings. The lowest BCUT2D eigenvalue weighted by atomic mass is 9.97. The maximum atomic E-state index is 14.4. The zero-order valence-electron chi connectivity index (χ0n) is 12.3. The Kier molecular flexibility index (Phi) is 5.56. The highest BCUT2D eigenvalue weighted by atomic mass is 35.5. The Morgan fingerprint density at radius 1 is 1.17 bits per heavy atom. The molecule has 0 bridgehead atoms. The van der Waals surface area contributed by atoms with Gasteiger partial charge in [0.25, 0.3) is 0 Å². The predicted molar refractivity (Wildman–Crippen MR) is 83.4 cm³/mol. The van der Waals surface area contributed by atoms with Crippen LogP contribution in [0.4, 0.5) is 4.39 Å². The van der Waals surface area contributed by atoms with E-state index in [4.69, 9.17) is 21.6 Å². The molecule has 2 N–H and O–H groups in total. The lowest BCUT2D eigenvalue weighted by molar-refractivity contribution is 0.0596. The van der Waals surface area contributed by atoms with Gasteiger partial charge < -0.3 is 19.4 Å². The van der Waals surface area contributed by atoms with E-state index in [1.165, 1.54) is 24.3 Å². The van der Waals surface area contributed by atoms with Crippen LogP contribution in [0.15, 0.2) is 36.4 Å². The molecule has 2 rings (SSSR count). The number of hydrogen-bond acceptors (Lipinski definition) is 6. The van der Waals surface area contributed by atoms with Crippen LogP contribution in [0.2, 0.25) is 5.02 Å². The first-order valence-corrected chi connectivity index (χ1v) is 6.96. The molecular weight excluding hydrogens is 341 g/mol. The smallest absolute Gasteiger partial charge is 0.512 e. The fourth-order valence-electron chi connectivity index (χ4n) is 2.02. The van der Waals surface area contributed by atoms with E-state index in [0.29, 0.717) is 5.02 Å². The van der Waals surface area contributed by atoms with Crippen molar-refractivity contribution in [1.82, 2.24) is 0 Å². The monoisotopic (exact) mass is 352 g/mol. The minimum atomic E-state index is -2.22. The molecule has 2 aromatic carbocycles. The fraction of sp³-hybridized carbons (Fsp3) is 0.0667. The molecule has 2 aromatic rings. The average molecular weight is 353 g/mol. The zero-order chi connectivity index (χ0) is 17.9. The van der Waals surface area contributed by atoms with E-state index < -0.39 is 36.0 Å². The van der Waals surface area contributed by atoms with E-state index in [1.807, 2.05) is 0 Å². The highest BCUT2D eigenvalue weighted by Gasteiger charge is 2.26. The highest BCUT2D eigenvalue weighted by molar-refractivity contribution is 6.33. The molecule has 0 amide bonds. The van der Waals surface area contributed by atoms with Gasteiger partial charge in [-0.3, -0.25) is 4.79 Å². The summed E-state index contributed by atoms with van der Waals surface area (Å²) in [4.78, 5) is 24.4. The molecule has 0 aliphatic rings. The van der Waals surface area contributed by atoms with Gasteiger partial charge in [-0.25, -0.2) is 9.18 Å². The van der Waals surface area contributed by atoms with Gasteiger partial charge in [0.15, 0.2) is 5.78 Å². The normalized spacial score (nSPS) is 10.2. The second kappa shape index (κ2) is 7.44. The van der Waals surface area contributed by atoms with Crippen molar-refractivity contribution in [3.8, 4) is 5.75 Å². The summed E-state index contributed by atoms with van der Waals surface area (Å²) < 4.78 is 23.4. The van der Waals surface area contributed by atoms with Gasteiger partial charge in [-0.1, -0.05) is 11.6 Å². The van der Waals surface area contributed by atoms with E-state index in [2.05, 4.69) is 9.39 Å².